The lowest BCUT2D eigenvalue weighted by Crippen LogP contribution is -2.46. The number of anilines is 1. The van der Waals surface area contributed by atoms with Crippen LogP contribution in [0.25, 0.3) is 0 Å². The Morgan fingerprint density at radius 3 is 2.92 bits per heavy atom. The molecule has 1 fully saturated rings. The molecule has 26 heavy (non-hydrogen) atoms. The lowest BCUT2D eigenvalue weighted by molar-refractivity contribution is -0.125. The highest BCUT2D eigenvalue weighted by Crippen LogP contribution is 2.34. The Morgan fingerprint density at radius 1 is 1.31 bits per heavy atom. The van der Waals surface area contributed by atoms with Crippen molar-refractivity contribution in [3.8, 4) is 5.75 Å². The van der Waals surface area contributed by atoms with E-state index in [1.807, 2.05) is 24.3 Å². The molecule has 0 saturated heterocycles. The molecule has 0 radical (unpaired) electrons. The summed E-state index contributed by atoms with van der Waals surface area (Å²) in [5, 5.41) is 3.22. The number of carbonyl (C=O) groups excluding carboxylic acids is 2. The molecule has 1 aromatic carbocycles. The van der Waals surface area contributed by atoms with Crippen LogP contribution in [0.1, 0.15) is 58.8 Å². The van der Waals surface area contributed by atoms with Crippen LogP contribution in [0, 0.1) is 5.92 Å². The Labute approximate surface area is 156 Å². The van der Waals surface area contributed by atoms with Crippen molar-refractivity contribution >= 4 is 17.5 Å². The van der Waals surface area contributed by atoms with Crippen molar-refractivity contribution in [1.82, 2.24) is 5.32 Å². The predicted molar refractivity (Wildman–Crippen MR) is 102 cm³/mol. The maximum Gasteiger partial charge on any atom is 0.267 e. The number of nitrogens with one attached hydrogen (secondary N) is 1. The molecule has 0 spiro atoms. The Balaban J connectivity index is 1.56. The molecule has 3 atom stereocenters. The van der Waals surface area contributed by atoms with Gasteiger partial charge < -0.3 is 15.0 Å². The van der Waals surface area contributed by atoms with Gasteiger partial charge in [0.25, 0.3) is 5.91 Å². The third kappa shape index (κ3) is 4.19. The zero-order valence-electron chi connectivity index (χ0n) is 15.9. The normalized spacial score (nSPS) is 24.9. The topological polar surface area (TPSA) is 58.6 Å². The number of amides is 2. The third-order valence-electron chi connectivity index (χ3n) is 5.57. The van der Waals surface area contributed by atoms with Gasteiger partial charge >= 0.3 is 0 Å². The van der Waals surface area contributed by atoms with Crippen LogP contribution in [-0.2, 0) is 9.59 Å². The molecule has 1 aromatic rings. The minimum absolute atomic E-state index is 0.0443. The molecule has 5 nitrogen and oxygen atoms in total. The van der Waals surface area contributed by atoms with Crippen LogP contribution in [0.3, 0.4) is 0 Å². The zero-order valence-corrected chi connectivity index (χ0v) is 15.9. The fourth-order valence-electron chi connectivity index (χ4n) is 4.12. The molecule has 142 valence electrons. The molecule has 1 saturated carbocycles. The molecule has 0 bridgehead atoms. The van der Waals surface area contributed by atoms with Gasteiger partial charge in [0, 0.05) is 19.0 Å². The summed E-state index contributed by atoms with van der Waals surface area (Å²) in [5.74, 6) is 1.28. The Morgan fingerprint density at radius 2 is 2.12 bits per heavy atom. The number of nitrogens with zero attached hydrogens (tertiary/aromatic N) is 1. The van der Waals surface area contributed by atoms with E-state index in [1.165, 1.54) is 32.1 Å². The van der Waals surface area contributed by atoms with E-state index >= 15 is 0 Å². The molecule has 5 heteroatoms. The van der Waals surface area contributed by atoms with Crippen molar-refractivity contribution in [2.45, 2.75) is 70.9 Å². The first-order chi connectivity index (χ1) is 12.6. The van der Waals surface area contributed by atoms with Crippen molar-refractivity contribution in [3.05, 3.63) is 24.3 Å². The van der Waals surface area contributed by atoms with Gasteiger partial charge in [-0.25, -0.2) is 0 Å². The third-order valence-corrected chi connectivity index (χ3v) is 5.57. The first-order valence-electron chi connectivity index (χ1n) is 9.96. The first kappa shape index (κ1) is 18.7. The predicted octanol–water partition coefficient (Wildman–Crippen LogP) is 3.67. The summed E-state index contributed by atoms with van der Waals surface area (Å²) in [7, 11) is 0. The number of para-hydroxylation sites is 2. The van der Waals surface area contributed by atoms with Gasteiger partial charge in [-0.15, -0.1) is 0 Å². The van der Waals surface area contributed by atoms with Gasteiger partial charge in [-0.1, -0.05) is 38.3 Å². The number of carbonyl (C=O) groups is 2. The molecular formula is C21H30N2O3. The second-order valence-corrected chi connectivity index (χ2v) is 7.47. The number of benzene rings is 1. The largest absolute Gasteiger partial charge is 0.479 e. The SMILES string of the molecule is CCCCC1CCCC1NC(=O)CCN1C(=O)C(C)Oc2ccccc21. The lowest BCUT2D eigenvalue weighted by Gasteiger charge is -2.33. The number of hydrogen-bond acceptors (Lipinski definition) is 3. The van der Waals surface area contributed by atoms with Crippen LogP contribution in [0.5, 0.6) is 5.75 Å². The van der Waals surface area contributed by atoms with Crippen LogP contribution in [0.4, 0.5) is 5.69 Å². The smallest absolute Gasteiger partial charge is 0.267 e. The number of rotatable bonds is 7. The average molecular weight is 358 g/mol. The van der Waals surface area contributed by atoms with E-state index in [0.717, 1.165) is 12.1 Å². The Hall–Kier alpha value is -2.04. The van der Waals surface area contributed by atoms with Gasteiger partial charge in [-0.3, -0.25) is 9.59 Å². The van der Waals surface area contributed by atoms with Gasteiger partial charge in [0.05, 0.1) is 5.69 Å². The van der Waals surface area contributed by atoms with Crippen molar-refractivity contribution in [1.29, 1.82) is 0 Å². The summed E-state index contributed by atoms with van der Waals surface area (Å²) in [6.45, 7) is 4.35. The summed E-state index contributed by atoms with van der Waals surface area (Å²) in [5.41, 5.74) is 0.755. The minimum atomic E-state index is -0.513. The van der Waals surface area contributed by atoms with Crippen molar-refractivity contribution in [3.63, 3.8) is 0 Å². The van der Waals surface area contributed by atoms with E-state index in [-0.39, 0.29) is 11.8 Å². The van der Waals surface area contributed by atoms with Gasteiger partial charge in [0.2, 0.25) is 5.91 Å². The number of ether oxygens (including phenoxy) is 1. The second-order valence-electron chi connectivity index (χ2n) is 7.47. The van der Waals surface area contributed by atoms with Crippen molar-refractivity contribution < 1.29 is 14.3 Å². The highest BCUT2D eigenvalue weighted by atomic mass is 16.5. The summed E-state index contributed by atoms with van der Waals surface area (Å²) in [4.78, 5) is 26.7. The quantitative estimate of drug-likeness (QED) is 0.809. The van der Waals surface area contributed by atoms with Crippen molar-refractivity contribution in [2.24, 2.45) is 5.92 Å². The molecule has 0 aromatic heterocycles. The van der Waals surface area contributed by atoms with Crippen LogP contribution in [0.15, 0.2) is 24.3 Å². The number of fused-ring (bicyclic) bond motifs is 1. The first-order valence-corrected chi connectivity index (χ1v) is 9.96. The molecule has 2 amide bonds. The second kappa shape index (κ2) is 8.56. The van der Waals surface area contributed by atoms with Gasteiger partial charge in [-0.05, 0) is 44.2 Å². The Kier molecular flexibility index (Phi) is 6.17. The van der Waals surface area contributed by atoms with E-state index in [9.17, 15) is 9.59 Å². The van der Waals surface area contributed by atoms with Crippen LogP contribution >= 0.6 is 0 Å². The molecule has 3 unspecified atom stereocenters. The molecule has 1 aliphatic heterocycles. The van der Waals surface area contributed by atoms with E-state index in [0.29, 0.717) is 30.7 Å². The van der Waals surface area contributed by atoms with Crippen LogP contribution in [-0.4, -0.2) is 30.5 Å². The van der Waals surface area contributed by atoms with Crippen LogP contribution in [0.2, 0.25) is 0 Å². The summed E-state index contributed by atoms with van der Waals surface area (Å²) in [6.07, 6.45) is 6.95. The van der Waals surface area contributed by atoms with Gasteiger partial charge in [0.15, 0.2) is 6.10 Å². The number of unbranched alkanes of at least 4 members (excludes halogenated alkanes) is 1. The monoisotopic (exact) mass is 358 g/mol. The zero-order chi connectivity index (χ0) is 18.5. The molecule has 2 aliphatic rings. The maximum atomic E-state index is 12.5. The maximum absolute atomic E-state index is 12.5. The lowest BCUT2D eigenvalue weighted by atomic mass is 9.96. The summed E-state index contributed by atoms with van der Waals surface area (Å²) in [6, 6.07) is 7.82. The molecule has 1 heterocycles. The van der Waals surface area contributed by atoms with Crippen LogP contribution < -0.4 is 15.0 Å². The average Bonchev–Trinajstić information content (AvgIpc) is 3.07. The van der Waals surface area contributed by atoms with Gasteiger partial charge in [0.1, 0.15) is 5.75 Å². The van der Waals surface area contributed by atoms with Gasteiger partial charge in [-0.2, -0.15) is 0 Å². The van der Waals surface area contributed by atoms with E-state index in [4.69, 9.17) is 4.74 Å². The molecule has 1 aliphatic carbocycles. The molecule has 3 rings (SSSR count). The standard InChI is InChI=1S/C21H30N2O3/c1-3-4-8-16-9-7-10-17(16)22-20(24)13-14-23-18-11-5-6-12-19(18)26-15(2)21(23)25/h5-6,11-12,15-17H,3-4,7-10,13-14H2,1-2H3,(H,22,24). The van der Waals surface area contributed by atoms with Crippen molar-refractivity contribution in [2.75, 3.05) is 11.4 Å². The fraction of sp³-hybridized carbons (Fsp3) is 0.619. The summed E-state index contributed by atoms with van der Waals surface area (Å²) >= 11 is 0. The molecule has 1 N–H and O–H groups in total. The fourth-order valence-corrected chi connectivity index (χ4v) is 4.12. The van der Waals surface area contributed by atoms with E-state index < -0.39 is 6.10 Å². The minimum Gasteiger partial charge on any atom is -0.479 e. The Bertz CT molecular complexity index is 646. The van der Waals surface area contributed by atoms with E-state index in [2.05, 4.69) is 12.2 Å². The number of hydrogen-bond donors (Lipinski definition) is 1. The highest BCUT2D eigenvalue weighted by molar-refractivity contribution is 6.00. The highest BCUT2D eigenvalue weighted by Gasteiger charge is 2.32. The van der Waals surface area contributed by atoms with E-state index in [1.54, 1.807) is 11.8 Å². The molecular weight excluding hydrogens is 328 g/mol. The summed E-state index contributed by atoms with van der Waals surface area (Å²) < 4.78 is 5.65.